The lowest BCUT2D eigenvalue weighted by Gasteiger charge is -2.30. The highest BCUT2D eigenvalue weighted by molar-refractivity contribution is 7.51. The zero-order valence-electron chi connectivity index (χ0n) is 14.0. The van der Waals surface area contributed by atoms with E-state index in [9.17, 15) is 28.7 Å². The number of aliphatic hydroxyl groups is 1. The SMILES string of the molecule is CO[C@H](COP(=O)(O)O)[C@@H](O)[C@@H](OP(C)(=O)O)n1cc(C)c(=O)[nH]c1=O. The van der Waals surface area contributed by atoms with Crippen LogP contribution < -0.4 is 11.2 Å². The van der Waals surface area contributed by atoms with Crippen molar-refractivity contribution in [2.75, 3.05) is 20.4 Å². The van der Waals surface area contributed by atoms with Gasteiger partial charge in [0.1, 0.15) is 12.2 Å². The average Bonchev–Trinajstić information content (AvgIpc) is 2.47. The van der Waals surface area contributed by atoms with Crippen molar-refractivity contribution in [2.24, 2.45) is 0 Å². The van der Waals surface area contributed by atoms with E-state index in [-0.39, 0.29) is 5.56 Å². The second-order valence-corrected chi connectivity index (χ2v) is 8.38. The number of aryl methyl sites for hydroxylation is 1. The Kier molecular flexibility index (Phi) is 7.66. The van der Waals surface area contributed by atoms with Crippen molar-refractivity contribution < 1.29 is 42.7 Å². The van der Waals surface area contributed by atoms with Crippen LogP contribution in [0.4, 0.5) is 0 Å². The summed E-state index contributed by atoms with van der Waals surface area (Å²) in [5, 5.41) is 10.4. The molecule has 0 bridgehead atoms. The molecular weight excluding hydrogens is 398 g/mol. The summed E-state index contributed by atoms with van der Waals surface area (Å²) < 4.78 is 37.0. The molecule has 1 unspecified atom stereocenters. The molecule has 0 aliphatic rings. The third-order valence-electron chi connectivity index (χ3n) is 3.11. The van der Waals surface area contributed by atoms with Crippen LogP contribution >= 0.6 is 15.4 Å². The Morgan fingerprint density at radius 1 is 1.27 bits per heavy atom. The Morgan fingerprint density at radius 3 is 2.31 bits per heavy atom. The smallest absolute Gasteiger partial charge is 0.386 e. The number of H-pyrrole nitrogens is 1. The van der Waals surface area contributed by atoms with E-state index >= 15 is 0 Å². The fraction of sp³-hybridized carbons (Fsp3) is 0.636. The number of rotatable bonds is 9. The summed E-state index contributed by atoms with van der Waals surface area (Å²) >= 11 is 0. The predicted octanol–water partition coefficient (Wildman–Crippen LogP) is -1.34. The van der Waals surface area contributed by atoms with Gasteiger partial charge in [-0.1, -0.05) is 0 Å². The van der Waals surface area contributed by atoms with Crippen molar-refractivity contribution in [3.05, 3.63) is 32.6 Å². The molecule has 1 aromatic heterocycles. The summed E-state index contributed by atoms with van der Waals surface area (Å²) in [6, 6.07) is 0. The minimum absolute atomic E-state index is 0.0368. The minimum atomic E-state index is -4.89. The molecule has 5 N–H and O–H groups in total. The van der Waals surface area contributed by atoms with Gasteiger partial charge in [-0.2, -0.15) is 0 Å². The van der Waals surface area contributed by atoms with Crippen LogP contribution in [-0.4, -0.2) is 61.9 Å². The highest BCUT2D eigenvalue weighted by Crippen LogP contribution is 2.43. The molecule has 0 aliphatic carbocycles. The first kappa shape index (κ1) is 22.9. The third-order valence-corrected chi connectivity index (χ3v) is 4.20. The Hall–Kier alpha value is -1.14. The molecule has 1 rings (SSSR count). The van der Waals surface area contributed by atoms with Crippen LogP contribution in [0.2, 0.25) is 0 Å². The van der Waals surface area contributed by atoms with Crippen LogP contribution in [0, 0.1) is 6.92 Å². The largest absolute Gasteiger partial charge is 0.469 e. The van der Waals surface area contributed by atoms with E-state index in [1.165, 1.54) is 6.92 Å². The fourth-order valence-electron chi connectivity index (χ4n) is 1.91. The van der Waals surface area contributed by atoms with Gasteiger partial charge in [-0.25, -0.2) is 9.36 Å². The van der Waals surface area contributed by atoms with E-state index < -0.39 is 51.7 Å². The number of hydrogen-bond donors (Lipinski definition) is 5. The van der Waals surface area contributed by atoms with Gasteiger partial charge in [-0.15, -0.1) is 0 Å². The van der Waals surface area contributed by atoms with Gasteiger partial charge in [0.15, 0.2) is 6.23 Å². The van der Waals surface area contributed by atoms with Gasteiger partial charge in [0.05, 0.1) is 6.61 Å². The van der Waals surface area contributed by atoms with Gasteiger partial charge in [-0.3, -0.25) is 28.0 Å². The van der Waals surface area contributed by atoms with Crippen molar-refractivity contribution in [3.63, 3.8) is 0 Å². The number of ether oxygens (including phenoxy) is 1. The third kappa shape index (κ3) is 6.88. The first-order valence-corrected chi connectivity index (χ1v) is 10.5. The number of hydrogen-bond acceptors (Lipinski definition) is 8. The molecular formula is C11H20N2O11P2. The molecule has 13 nitrogen and oxygen atoms in total. The van der Waals surface area contributed by atoms with Crippen LogP contribution in [-0.2, 0) is 22.9 Å². The van der Waals surface area contributed by atoms with Crippen molar-refractivity contribution in [3.8, 4) is 0 Å². The van der Waals surface area contributed by atoms with Crippen LogP contribution in [0.25, 0.3) is 0 Å². The highest BCUT2D eigenvalue weighted by Gasteiger charge is 2.36. The predicted molar refractivity (Wildman–Crippen MR) is 86.7 cm³/mol. The maximum atomic E-state index is 12.0. The number of methoxy groups -OCH3 is 1. The van der Waals surface area contributed by atoms with E-state index in [0.29, 0.717) is 4.57 Å². The van der Waals surface area contributed by atoms with Gasteiger partial charge < -0.3 is 24.5 Å². The molecule has 150 valence electrons. The number of aromatic nitrogens is 2. The molecule has 0 spiro atoms. The zero-order valence-corrected chi connectivity index (χ0v) is 15.8. The Morgan fingerprint density at radius 2 is 1.85 bits per heavy atom. The van der Waals surface area contributed by atoms with E-state index in [0.717, 1.165) is 20.0 Å². The van der Waals surface area contributed by atoms with Gasteiger partial charge in [0, 0.05) is 25.5 Å². The molecule has 26 heavy (non-hydrogen) atoms. The van der Waals surface area contributed by atoms with Crippen molar-refractivity contribution >= 4 is 15.4 Å². The molecule has 0 aromatic carbocycles. The number of phosphoric ester groups is 1. The molecule has 0 fully saturated rings. The minimum Gasteiger partial charge on any atom is -0.386 e. The fourth-order valence-corrected chi connectivity index (χ4v) is 2.88. The van der Waals surface area contributed by atoms with Crippen molar-refractivity contribution in [1.82, 2.24) is 9.55 Å². The number of aromatic amines is 1. The lowest BCUT2D eigenvalue weighted by Crippen LogP contribution is -2.44. The van der Waals surface area contributed by atoms with E-state index in [2.05, 4.69) is 4.52 Å². The first-order chi connectivity index (χ1) is 11.7. The Labute approximate surface area is 146 Å². The normalized spacial score (nSPS) is 18.1. The average molecular weight is 418 g/mol. The van der Waals surface area contributed by atoms with E-state index in [4.69, 9.17) is 19.0 Å². The topological polar surface area (TPSA) is 198 Å². The van der Waals surface area contributed by atoms with E-state index in [1.807, 2.05) is 4.98 Å². The lowest BCUT2D eigenvalue weighted by atomic mass is 10.2. The second-order valence-electron chi connectivity index (χ2n) is 5.33. The van der Waals surface area contributed by atoms with Gasteiger partial charge in [-0.05, 0) is 6.92 Å². The van der Waals surface area contributed by atoms with E-state index in [1.54, 1.807) is 0 Å². The molecule has 0 saturated carbocycles. The maximum Gasteiger partial charge on any atom is 0.469 e. The molecule has 15 heteroatoms. The Balaban J connectivity index is 3.30. The van der Waals surface area contributed by atoms with Gasteiger partial charge >= 0.3 is 21.1 Å². The quantitative estimate of drug-likeness (QED) is 0.298. The van der Waals surface area contributed by atoms with Crippen LogP contribution in [0.1, 0.15) is 11.8 Å². The number of phosphoric acid groups is 1. The lowest BCUT2D eigenvalue weighted by molar-refractivity contribution is -0.109. The molecule has 0 amide bonds. The summed E-state index contributed by atoms with van der Waals surface area (Å²) in [5.74, 6) is 0. The molecule has 0 aliphatic heterocycles. The number of nitrogens with one attached hydrogen (secondary N) is 1. The number of aliphatic hydroxyl groups excluding tert-OH is 1. The van der Waals surface area contributed by atoms with Crippen molar-refractivity contribution in [2.45, 2.75) is 25.4 Å². The van der Waals surface area contributed by atoms with Crippen LogP contribution in [0.3, 0.4) is 0 Å². The van der Waals surface area contributed by atoms with Crippen molar-refractivity contribution in [1.29, 1.82) is 0 Å². The molecule has 0 saturated heterocycles. The molecule has 4 atom stereocenters. The summed E-state index contributed by atoms with van der Waals surface area (Å²) in [6.07, 6.45) is -4.18. The summed E-state index contributed by atoms with van der Waals surface area (Å²) in [5.41, 5.74) is -1.73. The molecule has 1 heterocycles. The van der Waals surface area contributed by atoms with Crippen LogP contribution in [0.15, 0.2) is 15.8 Å². The molecule has 0 radical (unpaired) electrons. The highest BCUT2D eigenvalue weighted by atomic mass is 31.2. The second kappa shape index (κ2) is 8.70. The first-order valence-electron chi connectivity index (χ1n) is 6.97. The zero-order chi connectivity index (χ0) is 20.3. The number of nitrogens with zero attached hydrogens (tertiary/aromatic N) is 1. The molecule has 1 aromatic rings. The van der Waals surface area contributed by atoms with Crippen LogP contribution in [0.5, 0.6) is 0 Å². The Bertz CT molecular complexity index is 822. The monoisotopic (exact) mass is 418 g/mol. The van der Waals surface area contributed by atoms with Gasteiger partial charge in [0.25, 0.3) is 5.56 Å². The standard InChI is InChI=1S/C11H20N2O11P2/c1-6-4-13(11(16)12-9(6)15)10(24-25(3,17)18)8(14)7(22-2)5-23-26(19,20)21/h4,7-8,10,14H,5H2,1-3H3,(H,17,18)(H,12,15,16)(H2,19,20,21)/t7-,8-,10-/m1/s1. The maximum absolute atomic E-state index is 12.0. The summed E-state index contributed by atoms with van der Waals surface area (Å²) in [6.45, 7) is 1.32. The summed E-state index contributed by atoms with van der Waals surface area (Å²) in [7, 11) is -8.07. The summed E-state index contributed by atoms with van der Waals surface area (Å²) in [4.78, 5) is 52.3. The van der Waals surface area contributed by atoms with Gasteiger partial charge in [0.2, 0.25) is 0 Å².